The van der Waals surface area contributed by atoms with Crippen LogP contribution in [0.25, 0.3) is 0 Å². The van der Waals surface area contributed by atoms with Gasteiger partial charge in [-0.1, -0.05) is 23.7 Å². The Morgan fingerprint density at radius 1 is 1.09 bits per heavy atom. The lowest BCUT2D eigenvalue weighted by Gasteiger charge is -2.36. The number of ether oxygens (including phenoxy) is 1. The monoisotopic (exact) mass is 455 g/mol. The molecule has 3 amide bonds. The van der Waals surface area contributed by atoms with Crippen LogP contribution in [0.5, 0.6) is 5.75 Å². The maximum atomic E-state index is 13.0. The highest BCUT2D eigenvalue weighted by molar-refractivity contribution is 6.31. The Labute approximate surface area is 194 Å². The van der Waals surface area contributed by atoms with Crippen molar-refractivity contribution in [3.8, 4) is 5.75 Å². The SMILES string of the molecule is COc1ccc2c(c1)CCCC2CC(=O)N1CCN(C(=O)Nc2ccc(C)c(Cl)c2)CC1. The van der Waals surface area contributed by atoms with Crippen LogP contribution in [0.4, 0.5) is 10.5 Å². The fourth-order valence-corrected chi connectivity index (χ4v) is 4.78. The second kappa shape index (κ2) is 9.82. The fraction of sp³-hybridized carbons (Fsp3) is 0.440. The van der Waals surface area contributed by atoms with E-state index in [-0.39, 0.29) is 17.9 Å². The number of amides is 3. The molecule has 1 aliphatic heterocycles. The van der Waals surface area contributed by atoms with Gasteiger partial charge in [0.25, 0.3) is 0 Å². The van der Waals surface area contributed by atoms with Gasteiger partial charge in [-0.05, 0) is 73.1 Å². The number of benzene rings is 2. The molecule has 1 fully saturated rings. The third kappa shape index (κ3) is 5.01. The first kappa shape index (κ1) is 22.5. The van der Waals surface area contributed by atoms with Gasteiger partial charge < -0.3 is 19.9 Å². The molecule has 7 heteroatoms. The number of carbonyl (C=O) groups is 2. The van der Waals surface area contributed by atoms with E-state index in [0.29, 0.717) is 43.3 Å². The molecule has 4 rings (SSSR count). The quantitative estimate of drug-likeness (QED) is 0.717. The third-order valence-corrected chi connectivity index (χ3v) is 6.96. The van der Waals surface area contributed by atoms with E-state index >= 15 is 0 Å². The van der Waals surface area contributed by atoms with Crippen molar-refractivity contribution in [1.29, 1.82) is 0 Å². The lowest BCUT2D eigenvalue weighted by atomic mass is 9.80. The van der Waals surface area contributed by atoms with E-state index in [1.54, 1.807) is 18.1 Å². The van der Waals surface area contributed by atoms with Gasteiger partial charge >= 0.3 is 6.03 Å². The zero-order valence-corrected chi connectivity index (χ0v) is 19.5. The van der Waals surface area contributed by atoms with Crippen LogP contribution in [0.1, 0.15) is 41.9 Å². The van der Waals surface area contributed by atoms with Gasteiger partial charge in [-0.25, -0.2) is 4.79 Å². The van der Waals surface area contributed by atoms with E-state index < -0.39 is 0 Å². The second-order valence-electron chi connectivity index (χ2n) is 8.62. The highest BCUT2D eigenvalue weighted by Gasteiger charge is 2.28. The molecule has 1 N–H and O–H groups in total. The molecule has 1 heterocycles. The molecule has 2 aliphatic rings. The van der Waals surface area contributed by atoms with Gasteiger partial charge in [-0.2, -0.15) is 0 Å². The van der Waals surface area contributed by atoms with Crippen molar-refractivity contribution in [2.45, 2.75) is 38.5 Å². The third-order valence-electron chi connectivity index (χ3n) is 6.55. The van der Waals surface area contributed by atoms with Crippen LogP contribution in [-0.2, 0) is 11.2 Å². The molecule has 6 nitrogen and oxygen atoms in total. The topological polar surface area (TPSA) is 61.9 Å². The average molecular weight is 456 g/mol. The Morgan fingerprint density at radius 3 is 2.56 bits per heavy atom. The van der Waals surface area contributed by atoms with Gasteiger partial charge in [0.2, 0.25) is 5.91 Å². The normalized spacial score (nSPS) is 18.2. The Balaban J connectivity index is 1.30. The predicted molar refractivity (Wildman–Crippen MR) is 127 cm³/mol. The van der Waals surface area contributed by atoms with E-state index in [0.717, 1.165) is 30.6 Å². The van der Waals surface area contributed by atoms with E-state index in [4.69, 9.17) is 16.3 Å². The molecule has 0 spiro atoms. The van der Waals surface area contributed by atoms with Crippen LogP contribution >= 0.6 is 11.6 Å². The number of hydrogen-bond donors (Lipinski definition) is 1. The summed E-state index contributed by atoms with van der Waals surface area (Å²) in [6, 6.07) is 11.5. The molecule has 1 unspecified atom stereocenters. The molecule has 1 saturated heterocycles. The van der Waals surface area contributed by atoms with E-state index in [1.165, 1.54) is 11.1 Å². The molecule has 1 atom stereocenters. The number of anilines is 1. The molecule has 0 radical (unpaired) electrons. The van der Waals surface area contributed by atoms with Crippen LogP contribution in [0.2, 0.25) is 5.02 Å². The van der Waals surface area contributed by atoms with Gasteiger partial charge in [0.15, 0.2) is 0 Å². The van der Waals surface area contributed by atoms with Crippen molar-refractivity contribution in [2.24, 2.45) is 0 Å². The van der Waals surface area contributed by atoms with Crippen molar-refractivity contribution in [3.63, 3.8) is 0 Å². The highest BCUT2D eigenvalue weighted by Crippen LogP contribution is 2.36. The number of fused-ring (bicyclic) bond motifs is 1. The van der Waals surface area contributed by atoms with Crippen molar-refractivity contribution in [2.75, 3.05) is 38.6 Å². The minimum Gasteiger partial charge on any atom is -0.497 e. The number of rotatable bonds is 4. The second-order valence-corrected chi connectivity index (χ2v) is 9.03. The first-order valence-electron chi connectivity index (χ1n) is 11.2. The molecular formula is C25H30ClN3O3. The summed E-state index contributed by atoms with van der Waals surface area (Å²) in [6.07, 6.45) is 3.69. The summed E-state index contributed by atoms with van der Waals surface area (Å²) in [5.41, 5.74) is 4.22. The van der Waals surface area contributed by atoms with Gasteiger partial charge in [-0.15, -0.1) is 0 Å². The standard InChI is InChI=1S/C25H30ClN3O3/c1-17-6-7-20(16-23(17)26)27-25(31)29-12-10-28(11-13-29)24(30)15-19-5-3-4-18-14-21(32-2)8-9-22(18)19/h6-9,14,16,19H,3-5,10-13,15H2,1-2H3,(H,27,31). The molecule has 0 aromatic heterocycles. The Kier molecular flexibility index (Phi) is 6.89. The van der Waals surface area contributed by atoms with Crippen LogP contribution in [0.3, 0.4) is 0 Å². The van der Waals surface area contributed by atoms with Gasteiger partial charge in [0, 0.05) is 43.3 Å². The number of urea groups is 1. The number of nitrogens with zero attached hydrogens (tertiary/aromatic N) is 2. The number of nitrogens with one attached hydrogen (secondary N) is 1. The lowest BCUT2D eigenvalue weighted by molar-refractivity contribution is -0.133. The summed E-state index contributed by atoms with van der Waals surface area (Å²) in [6.45, 7) is 4.09. The summed E-state index contributed by atoms with van der Waals surface area (Å²) < 4.78 is 5.35. The van der Waals surface area contributed by atoms with Crippen LogP contribution < -0.4 is 10.1 Å². The average Bonchev–Trinajstić information content (AvgIpc) is 2.81. The largest absolute Gasteiger partial charge is 0.497 e. The fourth-order valence-electron chi connectivity index (χ4n) is 4.60. The Bertz CT molecular complexity index is 1000. The number of aryl methyl sites for hydroxylation is 2. The number of piperazine rings is 1. The molecule has 2 aromatic carbocycles. The number of hydrogen-bond acceptors (Lipinski definition) is 3. The lowest BCUT2D eigenvalue weighted by Crippen LogP contribution is -2.51. The van der Waals surface area contributed by atoms with Crippen molar-refractivity contribution >= 4 is 29.2 Å². The van der Waals surface area contributed by atoms with E-state index in [9.17, 15) is 9.59 Å². The Hall–Kier alpha value is -2.73. The van der Waals surface area contributed by atoms with Crippen LogP contribution in [0.15, 0.2) is 36.4 Å². The van der Waals surface area contributed by atoms with Crippen molar-refractivity contribution in [1.82, 2.24) is 9.80 Å². The molecule has 0 bridgehead atoms. The zero-order valence-electron chi connectivity index (χ0n) is 18.7. The van der Waals surface area contributed by atoms with Gasteiger partial charge in [0.05, 0.1) is 7.11 Å². The van der Waals surface area contributed by atoms with Crippen molar-refractivity contribution in [3.05, 3.63) is 58.1 Å². The minimum absolute atomic E-state index is 0.160. The molecule has 0 saturated carbocycles. The first-order valence-corrected chi connectivity index (χ1v) is 11.6. The predicted octanol–water partition coefficient (Wildman–Crippen LogP) is 4.84. The number of halogens is 1. The number of methoxy groups -OCH3 is 1. The summed E-state index contributed by atoms with van der Waals surface area (Å²) in [5, 5.41) is 3.52. The molecule has 32 heavy (non-hydrogen) atoms. The minimum atomic E-state index is -0.160. The summed E-state index contributed by atoms with van der Waals surface area (Å²) >= 11 is 6.15. The smallest absolute Gasteiger partial charge is 0.321 e. The summed E-state index contributed by atoms with van der Waals surface area (Å²) in [7, 11) is 1.68. The molecule has 1 aliphatic carbocycles. The number of carbonyl (C=O) groups excluding carboxylic acids is 2. The Morgan fingerprint density at radius 2 is 1.84 bits per heavy atom. The maximum Gasteiger partial charge on any atom is 0.321 e. The summed E-state index contributed by atoms with van der Waals surface area (Å²) in [4.78, 5) is 29.3. The molecular weight excluding hydrogens is 426 g/mol. The van der Waals surface area contributed by atoms with E-state index in [2.05, 4.69) is 17.4 Å². The van der Waals surface area contributed by atoms with Crippen LogP contribution in [0, 0.1) is 6.92 Å². The van der Waals surface area contributed by atoms with Crippen molar-refractivity contribution < 1.29 is 14.3 Å². The molecule has 2 aromatic rings. The maximum absolute atomic E-state index is 13.0. The van der Waals surface area contributed by atoms with E-state index in [1.807, 2.05) is 30.0 Å². The van der Waals surface area contributed by atoms with Gasteiger partial charge in [-0.3, -0.25) is 4.79 Å². The van der Waals surface area contributed by atoms with Crippen LogP contribution in [-0.4, -0.2) is 55.0 Å². The molecule has 170 valence electrons. The zero-order chi connectivity index (χ0) is 22.7. The highest BCUT2D eigenvalue weighted by atomic mass is 35.5. The summed E-state index contributed by atoms with van der Waals surface area (Å²) in [5.74, 6) is 1.30. The van der Waals surface area contributed by atoms with Gasteiger partial charge in [0.1, 0.15) is 5.75 Å². The first-order chi connectivity index (χ1) is 15.4.